The molecule has 1 aromatic carbocycles. The van der Waals surface area contributed by atoms with E-state index in [4.69, 9.17) is 9.84 Å². The lowest BCUT2D eigenvalue weighted by molar-refractivity contribution is 0.139. The van der Waals surface area contributed by atoms with Crippen LogP contribution in [0.15, 0.2) is 36.8 Å². The van der Waals surface area contributed by atoms with Crippen molar-refractivity contribution in [2.75, 3.05) is 0 Å². The smallest absolute Gasteiger partial charge is 0.449 e. The molecule has 0 fully saturated rings. The monoisotopic (exact) mass is 273 g/mol. The Morgan fingerprint density at radius 2 is 2.30 bits per heavy atom. The minimum Gasteiger partial charge on any atom is -0.449 e. The average Bonchev–Trinajstić information content (AvgIpc) is 2.85. The van der Waals surface area contributed by atoms with E-state index < -0.39 is 6.16 Å². The molecule has 2 atom stereocenters. The molecule has 2 heterocycles. The van der Waals surface area contributed by atoms with Gasteiger partial charge >= 0.3 is 6.16 Å². The van der Waals surface area contributed by atoms with Gasteiger partial charge in [0.1, 0.15) is 0 Å². The van der Waals surface area contributed by atoms with Gasteiger partial charge in [-0.25, -0.2) is 9.78 Å². The van der Waals surface area contributed by atoms with Gasteiger partial charge in [0.2, 0.25) is 5.88 Å². The third-order valence-corrected chi connectivity index (χ3v) is 3.58. The molecule has 0 amide bonds. The minimum atomic E-state index is -1.34. The number of hydrogen-bond acceptors (Lipinski definition) is 4. The second-order valence-electron chi connectivity index (χ2n) is 4.82. The van der Waals surface area contributed by atoms with Gasteiger partial charge in [-0.1, -0.05) is 24.3 Å². The van der Waals surface area contributed by atoms with Crippen LogP contribution in [0, 0.1) is 0 Å². The molecular weight excluding hydrogens is 258 g/mol. The highest BCUT2D eigenvalue weighted by Gasteiger charge is 2.29. The topological polar surface area (TPSA) is 76.4 Å². The molecule has 20 heavy (non-hydrogen) atoms. The summed E-state index contributed by atoms with van der Waals surface area (Å²) in [5, 5.41) is 12.2. The highest BCUT2D eigenvalue weighted by molar-refractivity contribution is 5.60. The third-order valence-electron chi connectivity index (χ3n) is 3.58. The van der Waals surface area contributed by atoms with Crippen molar-refractivity contribution < 1.29 is 14.6 Å². The lowest BCUT2D eigenvalue weighted by Crippen LogP contribution is -2.40. The number of benzene rings is 1. The predicted molar refractivity (Wildman–Crippen MR) is 71.8 cm³/mol. The van der Waals surface area contributed by atoms with E-state index in [2.05, 4.69) is 29.4 Å². The molecule has 0 bridgehead atoms. The Kier molecular flexibility index (Phi) is 3.15. The summed E-state index contributed by atoms with van der Waals surface area (Å²) in [6.07, 6.45) is 1.68. The van der Waals surface area contributed by atoms with Crippen LogP contribution in [-0.2, 0) is 6.54 Å². The third kappa shape index (κ3) is 2.14. The number of imidazole rings is 1. The van der Waals surface area contributed by atoms with Crippen molar-refractivity contribution in [3.05, 3.63) is 47.9 Å². The number of carbonyl (C=O) groups is 1. The van der Waals surface area contributed by atoms with Gasteiger partial charge in [0.05, 0.1) is 18.6 Å². The Labute approximate surface area is 116 Å². The van der Waals surface area contributed by atoms with Gasteiger partial charge in [-0.15, -0.1) is 0 Å². The van der Waals surface area contributed by atoms with E-state index in [0.29, 0.717) is 0 Å². The number of aromatic nitrogens is 2. The lowest BCUT2D eigenvalue weighted by atomic mass is 9.91. The van der Waals surface area contributed by atoms with Crippen LogP contribution in [0.2, 0.25) is 0 Å². The SMILES string of the molecule is CC1NCc2ccccc2C1n1cncc1OC(=O)O. The van der Waals surface area contributed by atoms with Gasteiger partial charge in [-0.3, -0.25) is 4.57 Å². The Hall–Kier alpha value is -2.34. The molecule has 1 aliphatic heterocycles. The Balaban J connectivity index is 2.05. The zero-order valence-corrected chi connectivity index (χ0v) is 11.0. The first-order valence-electron chi connectivity index (χ1n) is 6.40. The molecule has 2 unspecified atom stereocenters. The zero-order chi connectivity index (χ0) is 14.1. The molecule has 0 radical (unpaired) electrons. The minimum absolute atomic E-state index is 0.0446. The maximum Gasteiger partial charge on any atom is 0.512 e. The van der Waals surface area contributed by atoms with Crippen LogP contribution < -0.4 is 10.1 Å². The quantitative estimate of drug-likeness (QED) is 0.819. The van der Waals surface area contributed by atoms with Gasteiger partial charge in [0.15, 0.2) is 0 Å². The molecule has 2 N–H and O–H groups in total. The van der Waals surface area contributed by atoms with E-state index in [0.717, 1.165) is 12.1 Å². The van der Waals surface area contributed by atoms with Gasteiger partial charge in [-0.2, -0.15) is 0 Å². The summed E-state index contributed by atoms with van der Waals surface area (Å²) >= 11 is 0. The molecule has 1 aliphatic rings. The van der Waals surface area contributed by atoms with Gasteiger partial charge < -0.3 is 15.2 Å². The molecule has 6 heteroatoms. The van der Waals surface area contributed by atoms with Crippen LogP contribution in [0.3, 0.4) is 0 Å². The number of hydrogen-bond donors (Lipinski definition) is 2. The first-order valence-corrected chi connectivity index (χ1v) is 6.40. The fourth-order valence-electron chi connectivity index (χ4n) is 2.70. The van der Waals surface area contributed by atoms with Crippen LogP contribution in [0.25, 0.3) is 0 Å². The van der Waals surface area contributed by atoms with Crippen molar-refractivity contribution in [3.63, 3.8) is 0 Å². The second kappa shape index (κ2) is 4.97. The van der Waals surface area contributed by atoms with E-state index in [1.54, 1.807) is 10.9 Å². The van der Waals surface area contributed by atoms with Crippen molar-refractivity contribution in [2.24, 2.45) is 0 Å². The molecule has 3 rings (SSSR count). The summed E-state index contributed by atoms with van der Waals surface area (Å²) < 4.78 is 6.55. The molecule has 6 nitrogen and oxygen atoms in total. The maximum absolute atomic E-state index is 10.7. The number of carboxylic acid groups (broad SMARTS) is 1. The van der Waals surface area contributed by atoms with E-state index in [-0.39, 0.29) is 18.0 Å². The number of fused-ring (bicyclic) bond motifs is 1. The molecule has 1 aromatic heterocycles. The van der Waals surface area contributed by atoms with E-state index in [9.17, 15) is 4.79 Å². The Bertz CT molecular complexity index is 638. The Morgan fingerprint density at radius 3 is 3.10 bits per heavy atom. The van der Waals surface area contributed by atoms with Crippen LogP contribution >= 0.6 is 0 Å². The number of nitrogens with zero attached hydrogens (tertiary/aromatic N) is 2. The largest absolute Gasteiger partial charge is 0.512 e. The molecule has 0 spiro atoms. The molecule has 0 saturated carbocycles. The summed E-state index contributed by atoms with van der Waals surface area (Å²) in [5.74, 6) is 0.229. The summed E-state index contributed by atoms with van der Waals surface area (Å²) in [5.41, 5.74) is 2.36. The van der Waals surface area contributed by atoms with Crippen LogP contribution in [0.4, 0.5) is 4.79 Å². The molecule has 2 aromatic rings. The first kappa shape index (κ1) is 12.7. The van der Waals surface area contributed by atoms with Crippen molar-refractivity contribution >= 4 is 6.16 Å². The lowest BCUT2D eigenvalue weighted by Gasteiger charge is -2.33. The fraction of sp³-hybridized carbons (Fsp3) is 0.286. The number of rotatable bonds is 2. The zero-order valence-electron chi connectivity index (χ0n) is 11.0. The van der Waals surface area contributed by atoms with Crippen LogP contribution in [0.1, 0.15) is 24.1 Å². The van der Waals surface area contributed by atoms with Crippen molar-refractivity contribution in [1.29, 1.82) is 0 Å². The molecule has 0 aliphatic carbocycles. The van der Waals surface area contributed by atoms with Crippen molar-refractivity contribution in [3.8, 4) is 5.88 Å². The summed E-state index contributed by atoms with van der Waals surface area (Å²) in [6.45, 7) is 2.86. The average molecular weight is 273 g/mol. The first-order chi connectivity index (χ1) is 9.66. The molecule has 104 valence electrons. The van der Waals surface area contributed by atoms with Crippen molar-refractivity contribution in [2.45, 2.75) is 25.6 Å². The summed E-state index contributed by atoms with van der Waals surface area (Å²) in [6, 6.07) is 8.21. The standard InChI is InChI=1S/C14H15N3O3/c1-9-13(11-5-3-2-4-10(11)6-16-9)17-8-15-7-12(17)20-14(18)19/h2-5,7-9,13,16H,6H2,1H3,(H,18,19). The van der Waals surface area contributed by atoms with Gasteiger partial charge in [0.25, 0.3) is 0 Å². The second-order valence-corrected chi connectivity index (χ2v) is 4.82. The van der Waals surface area contributed by atoms with Gasteiger partial charge in [0, 0.05) is 12.6 Å². The van der Waals surface area contributed by atoms with Gasteiger partial charge in [-0.05, 0) is 18.1 Å². The fourth-order valence-corrected chi connectivity index (χ4v) is 2.70. The summed E-state index contributed by atoms with van der Waals surface area (Å²) in [4.78, 5) is 14.8. The van der Waals surface area contributed by atoms with E-state index in [1.807, 2.05) is 12.1 Å². The Morgan fingerprint density at radius 1 is 1.50 bits per heavy atom. The number of nitrogens with one attached hydrogen (secondary N) is 1. The highest BCUT2D eigenvalue weighted by atomic mass is 16.7. The maximum atomic E-state index is 10.7. The van der Waals surface area contributed by atoms with Crippen molar-refractivity contribution in [1.82, 2.24) is 14.9 Å². The van der Waals surface area contributed by atoms with E-state index in [1.165, 1.54) is 11.8 Å². The normalized spacial score (nSPS) is 21.2. The number of ether oxygens (including phenoxy) is 1. The van der Waals surface area contributed by atoms with Crippen LogP contribution in [-0.4, -0.2) is 26.9 Å². The highest BCUT2D eigenvalue weighted by Crippen LogP contribution is 2.32. The molecular formula is C14H15N3O3. The summed E-state index contributed by atoms with van der Waals surface area (Å²) in [7, 11) is 0. The predicted octanol–water partition coefficient (Wildman–Crippen LogP) is 2.02. The molecule has 0 saturated heterocycles. The van der Waals surface area contributed by atoms with E-state index >= 15 is 0 Å². The van der Waals surface area contributed by atoms with Crippen LogP contribution in [0.5, 0.6) is 5.88 Å².